The highest BCUT2D eigenvalue weighted by molar-refractivity contribution is 7.91. The molecule has 0 spiro atoms. The van der Waals surface area contributed by atoms with Gasteiger partial charge in [0.25, 0.3) is 0 Å². The highest BCUT2D eigenvalue weighted by atomic mass is 32.2. The molecule has 1 aliphatic rings. The van der Waals surface area contributed by atoms with Gasteiger partial charge >= 0.3 is 0 Å². The normalized spacial score (nSPS) is 21.0. The smallest absolute Gasteiger partial charge is 0.244 e. The number of methoxy groups -OCH3 is 1. The molecule has 21 heavy (non-hydrogen) atoms. The molecule has 0 aromatic heterocycles. The zero-order valence-electron chi connectivity index (χ0n) is 12.0. The van der Waals surface area contributed by atoms with E-state index in [1.54, 1.807) is 14.0 Å². The fraction of sp³-hybridized carbons (Fsp3) is 0.429. The highest BCUT2D eigenvalue weighted by Gasteiger charge is 2.32. The summed E-state index contributed by atoms with van der Waals surface area (Å²) in [6.45, 7) is 1.76. The molecule has 1 aromatic rings. The van der Waals surface area contributed by atoms with Gasteiger partial charge in [0.2, 0.25) is 5.91 Å². The summed E-state index contributed by atoms with van der Waals surface area (Å²) in [5, 5.41) is 4.03. The van der Waals surface area contributed by atoms with Crippen LogP contribution in [0.2, 0.25) is 0 Å². The zero-order valence-corrected chi connectivity index (χ0v) is 12.8. The molecule has 1 amide bonds. The lowest BCUT2D eigenvalue weighted by Crippen LogP contribution is -2.28. The fourth-order valence-corrected chi connectivity index (χ4v) is 3.89. The van der Waals surface area contributed by atoms with Gasteiger partial charge in [-0.15, -0.1) is 0 Å². The summed E-state index contributed by atoms with van der Waals surface area (Å²) in [7, 11) is -1.49. The number of carbonyl (C=O) groups excluding carboxylic acids is 1. The average Bonchev–Trinajstić information content (AvgIpc) is 2.84. The molecule has 1 heterocycles. The Morgan fingerprint density at radius 1 is 1.43 bits per heavy atom. The molecule has 1 fully saturated rings. The Morgan fingerprint density at radius 2 is 2.19 bits per heavy atom. The van der Waals surface area contributed by atoms with Gasteiger partial charge in [-0.3, -0.25) is 4.79 Å². The first kappa shape index (κ1) is 15.5. The number of hydrazone groups is 1. The molecule has 114 valence electrons. The van der Waals surface area contributed by atoms with Gasteiger partial charge in [0.1, 0.15) is 5.75 Å². The molecule has 7 heteroatoms. The van der Waals surface area contributed by atoms with Crippen molar-refractivity contribution in [2.45, 2.75) is 13.3 Å². The number of nitrogens with zero attached hydrogens (tertiary/aromatic N) is 1. The van der Waals surface area contributed by atoms with Crippen molar-refractivity contribution in [3.05, 3.63) is 29.8 Å². The third-order valence-electron chi connectivity index (χ3n) is 3.42. The van der Waals surface area contributed by atoms with E-state index in [-0.39, 0.29) is 17.4 Å². The monoisotopic (exact) mass is 310 g/mol. The number of sulfone groups is 1. The Kier molecular flexibility index (Phi) is 4.62. The topological polar surface area (TPSA) is 84.8 Å². The van der Waals surface area contributed by atoms with Crippen LogP contribution in [0.4, 0.5) is 0 Å². The van der Waals surface area contributed by atoms with E-state index >= 15 is 0 Å². The van der Waals surface area contributed by atoms with Crippen LogP contribution < -0.4 is 10.2 Å². The number of ether oxygens (including phenoxy) is 1. The van der Waals surface area contributed by atoms with Crippen LogP contribution in [0.3, 0.4) is 0 Å². The average molecular weight is 310 g/mol. The number of carbonyl (C=O) groups is 1. The lowest BCUT2D eigenvalue weighted by atomic mass is 10.1. The number of hydrogen-bond acceptors (Lipinski definition) is 5. The van der Waals surface area contributed by atoms with Crippen molar-refractivity contribution >= 4 is 21.5 Å². The SMILES string of the molecule is COc1cccc(/C(C)=N\NC(=O)[C@H]2CCS(=O)(=O)C2)c1. The summed E-state index contributed by atoms with van der Waals surface area (Å²) in [6.07, 6.45) is 0.363. The predicted molar refractivity (Wildman–Crippen MR) is 80.1 cm³/mol. The molecule has 1 aromatic carbocycles. The van der Waals surface area contributed by atoms with Gasteiger partial charge in [-0.05, 0) is 25.5 Å². The highest BCUT2D eigenvalue weighted by Crippen LogP contribution is 2.18. The first-order chi connectivity index (χ1) is 9.91. The van der Waals surface area contributed by atoms with Gasteiger partial charge in [-0.1, -0.05) is 12.1 Å². The third kappa shape index (κ3) is 4.04. The minimum absolute atomic E-state index is 0.0731. The lowest BCUT2D eigenvalue weighted by Gasteiger charge is -2.07. The molecule has 2 rings (SSSR count). The predicted octanol–water partition coefficient (Wildman–Crippen LogP) is 0.970. The molecule has 0 unspecified atom stereocenters. The van der Waals surface area contributed by atoms with Gasteiger partial charge in [0.05, 0.1) is 30.2 Å². The Morgan fingerprint density at radius 3 is 2.81 bits per heavy atom. The largest absolute Gasteiger partial charge is 0.497 e. The van der Waals surface area contributed by atoms with E-state index in [0.717, 1.165) is 5.56 Å². The Bertz CT molecular complexity index is 667. The maximum absolute atomic E-state index is 11.9. The van der Waals surface area contributed by atoms with Gasteiger partial charge in [-0.2, -0.15) is 5.10 Å². The molecule has 1 atom stereocenters. The molecular formula is C14H18N2O4S. The van der Waals surface area contributed by atoms with E-state index in [1.807, 2.05) is 24.3 Å². The summed E-state index contributed by atoms with van der Waals surface area (Å²) in [5.74, 6) is -0.165. The molecule has 1 N–H and O–H groups in total. The minimum atomic E-state index is -3.07. The van der Waals surface area contributed by atoms with Crippen molar-refractivity contribution < 1.29 is 17.9 Å². The van der Waals surface area contributed by atoms with Crippen molar-refractivity contribution in [2.24, 2.45) is 11.0 Å². The quantitative estimate of drug-likeness (QED) is 0.663. The summed E-state index contributed by atoms with van der Waals surface area (Å²) in [6, 6.07) is 7.32. The summed E-state index contributed by atoms with van der Waals surface area (Å²) >= 11 is 0. The Hall–Kier alpha value is -1.89. The van der Waals surface area contributed by atoms with Crippen LogP contribution in [0, 0.1) is 5.92 Å². The molecule has 1 aliphatic heterocycles. The summed E-state index contributed by atoms with van der Waals surface area (Å²) in [5.41, 5.74) is 3.90. The van der Waals surface area contributed by atoms with Crippen LogP contribution in [-0.2, 0) is 14.6 Å². The number of nitrogens with one attached hydrogen (secondary N) is 1. The van der Waals surface area contributed by atoms with E-state index < -0.39 is 15.8 Å². The van der Waals surface area contributed by atoms with Crippen molar-refractivity contribution in [2.75, 3.05) is 18.6 Å². The molecule has 1 saturated heterocycles. The van der Waals surface area contributed by atoms with Crippen LogP contribution in [0.25, 0.3) is 0 Å². The molecule has 0 radical (unpaired) electrons. The van der Waals surface area contributed by atoms with E-state index in [9.17, 15) is 13.2 Å². The van der Waals surface area contributed by atoms with Gasteiger partial charge in [0.15, 0.2) is 9.84 Å². The van der Waals surface area contributed by atoms with Crippen LogP contribution >= 0.6 is 0 Å². The van der Waals surface area contributed by atoms with Crippen LogP contribution in [0.15, 0.2) is 29.4 Å². The summed E-state index contributed by atoms with van der Waals surface area (Å²) < 4.78 is 27.8. The number of rotatable bonds is 4. The maximum atomic E-state index is 11.9. The summed E-state index contributed by atoms with van der Waals surface area (Å²) in [4.78, 5) is 11.9. The standard InChI is InChI=1S/C14H18N2O4S/c1-10(11-4-3-5-13(8-11)20-2)15-16-14(17)12-6-7-21(18,19)9-12/h3-5,8,12H,6-7,9H2,1-2H3,(H,16,17)/b15-10-/t12-/m0/s1. The van der Waals surface area contributed by atoms with E-state index in [1.165, 1.54) is 0 Å². The van der Waals surface area contributed by atoms with Crippen LogP contribution in [-0.4, -0.2) is 38.7 Å². The zero-order chi connectivity index (χ0) is 15.5. The Labute approximate surface area is 124 Å². The van der Waals surface area contributed by atoms with E-state index in [2.05, 4.69) is 10.5 Å². The van der Waals surface area contributed by atoms with Crippen LogP contribution in [0.5, 0.6) is 5.75 Å². The van der Waals surface area contributed by atoms with Crippen LogP contribution in [0.1, 0.15) is 18.9 Å². The van der Waals surface area contributed by atoms with Gasteiger partial charge in [0, 0.05) is 5.56 Å². The fourth-order valence-electron chi connectivity index (χ4n) is 2.14. The van der Waals surface area contributed by atoms with Crippen molar-refractivity contribution in [1.29, 1.82) is 0 Å². The van der Waals surface area contributed by atoms with E-state index in [0.29, 0.717) is 17.9 Å². The first-order valence-electron chi connectivity index (χ1n) is 6.60. The molecule has 0 bridgehead atoms. The number of benzene rings is 1. The molecule has 6 nitrogen and oxygen atoms in total. The molecule has 0 saturated carbocycles. The second kappa shape index (κ2) is 6.26. The molecule has 0 aliphatic carbocycles. The first-order valence-corrected chi connectivity index (χ1v) is 8.42. The lowest BCUT2D eigenvalue weighted by molar-refractivity contribution is -0.124. The van der Waals surface area contributed by atoms with Crippen molar-refractivity contribution in [3.63, 3.8) is 0 Å². The maximum Gasteiger partial charge on any atom is 0.244 e. The van der Waals surface area contributed by atoms with Gasteiger partial charge < -0.3 is 4.74 Å². The number of amides is 1. The second-order valence-electron chi connectivity index (χ2n) is 5.01. The number of hydrogen-bond donors (Lipinski definition) is 1. The molecular weight excluding hydrogens is 292 g/mol. The second-order valence-corrected chi connectivity index (χ2v) is 7.23. The van der Waals surface area contributed by atoms with Crippen molar-refractivity contribution in [1.82, 2.24) is 5.43 Å². The van der Waals surface area contributed by atoms with Gasteiger partial charge in [-0.25, -0.2) is 13.8 Å². The van der Waals surface area contributed by atoms with E-state index in [4.69, 9.17) is 4.74 Å². The Balaban J connectivity index is 2.01. The third-order valence-corrected chi connectivity index (χ3v) is 5.19. The van der Waals surface area contributed by atoms with Crippen molar-refractivity contribution in [3.8, 4) is 5.75 Å². The minimum Gasteiger partial charge on any atom is -0.497 e.